The first kappa shape index (κ1) is 34.5. The fourth-order valence-corrected chi connectivity index (χ4v) is 7.66. The Morgan fingerprint density at radius 3 is 2.27 bits per heavy atom. The summed E-state index contributed by atoms with van der Waals surface area (Å²) in [6.45, 7) is 2.53. The molecule has 0 amide bonds. The molecule has 0 spiro atoms. The number of rotatable bonds is 10. The van der Waals surface area contributed by atoms with Gasteiger partial charge in [-0.1, -0.05) is 67.6 Å². The van der Waals surface area contributed by atoms with Gasteiger partial charge in [0.15, 0.2) is 5.78 Å². The van der Waals surface area contributed by atoms with E-state index in [2.05, 4.69) is 24.3 Å². The molecule has 1 heterocycles. The highest BCUT2D eigenvalue weighted by Crippen LogP contribution is 2.45. The number of hydrogen-bond acceptors (Lipinski definition) is 9. The number of carboxylic acids is 1. The van der Waals surface area contributed by atoms with Crippen LogP contribution in [0.1, 0.15) is 87.4 Å². The first-order chi connectivity index (χ1) is 23.5. The van der Waals surface area contributed by atoms with Crippen molar-refractivity contribution in [2.45, 2.75) is 88.0 Å². The summed E-state index contributed by atoms with van der Waals surface area (Å²) in [5.74, 6) is -1.96. The summed E-state index contributed by atoms with van der Waals surface area (Å²) in [6.07, 6.45) is -3.89. The monoisotopic (exact) mass is 670 g/mol. The number of ether oxygens (including phenoxy) is 2. The number of aliphatic hydroxyl groups excluding tert-OH is 3. The lowest BCUT2D eigenvalue weighted by Gasteiger charge is -2.47. The van der Waals surface area contributed by atoms with Crippen LogP contribution in [0.4, 0.5) is 0 Å². The van der Waals surface area contributed by atoms with Crippen molar-refractivity contribution in [1.29, 1.82) is 0 Å². The van der Waals surface area contributed by atoms with Gasteiger partial charge < -0.3 is 40.1 Å². The van der Waals surface area contributed by atoms with Crippen molar-refractivity contribution < 1.29 is 49.7 Å². The van der Waals surface area contributed by atoms with E-state index in [4.69, 9.17) is 9.47 Å². The number of carboxylic acid groups (broad SMARTS) is 1. The Hall–Kier alpha value is -4.32. The van der Waals surface area contributed by atoms with Crippen LogP contribution in [0.25, 0.3) is 10.8 Å². The van der Waals surface area contributed by atoms with E-state index in [1.807, 2.05) is 30.3 Å². The van der Waals surface area contributed by atoms with Crippen LogP contribution in [0.15, 0.2) is 72.8 Å². The molecule has 10 nitrogen and oxygen atoms in total. The normalized spacial score (nSPS) is 26.7. The first-order valence-electron chi connectivity index (χ1n) is 16.7. The summed E-state index contributed by atoms with van der Waals surface area (Å²) < 4.78 is 11.6. The molecule has 6 rings (SSSR count). The lowest BCUT2D eigenvalue weighted by molar-refractivity contribution is -0.313. The molecule has 0 saturated carbocycles. The van der Waals surface area contributed by atoms with Crippen LogP contribution in [0.5, 0.6) is 11.5 Å². The zero-order valence-corrected chi connectivity index (χ0v) is 27.5. The lowest BCUT2D eigenvalue weighted by Crippen LogP contribution is -2.67. The van der Waals surface area contributed by atoms with Crippen molar-refractivity contribution in [3.63, 3.8) is 0 Å². The van der Waals surface area contributed by atoms with Crippen LogP contribution in [0.3, 0.4) is 0 Å². The largest absolute Gasteiger partial charge is 0.506 e. The van der Waals surface area contributed by atoms with Gasteiger partial charge in [0.2, 0.25) is 6.29 Å². The molecule has 258 valence electrons. The van der Waals surface area contributed by atoms with Crippen molar-refractivity contribution in [2.75, 3.05) is 6.61 Å². The standard InChI is InChI=1S/C39H42O10/c1-3-39(47)31(20-40)49-38(35(43)36(39)44)48-30-19-26(37(45)46)17-25-15-21(2)32(34(42)33(25)30)29(41)18-24-14-13-23(16-22-9-5-4-6-10-22)27-11-7-8-12-28(24)27/h4-12,15,17,19,23-24,31,35-36,38,40,42-44,47H,3,13-14,16,18,20H2,1-2H3,(H,45,46). The molecule has 0 bridgehead atoms. The zero-order valence-electron chi connectivity index (χ0n) is 27.5. The maximum Gasteiger partial charge on any atom is 0.335 e. The maximum absolute atomic E-state index is 14.1. The lowest BCUT2D eigenvalue weighted by atomic mass is 9.72. The average molecular weight is 671 g/mol. The number of carbonyl (C=O) groups is 2. The number of ketones is 1. The number of phenolic OH excluding ortho intramolecular Hbond substituents is 1. The number of aromatic carboxylic acids is 1. The van der Waals surface area contributed by atoms with Gasteiger partial charge >= 0.3 is 5.97 Å². The highest BCUT2D eigenvalue weighted by atomic mass is 16.7. The third-order valence-electron chi connectivity index (χ3n) is 10.3. The number of hydrogen-bond donors (Lipinski definition) is 6. The second kappa shape index (κ2) is 13.9. The molecule has 7 unspecified atom stereocenters. The molecule has 0 radical (unpaired) electrons. The second-order valence-corrected chi connectivity index (χ2v) is 13.3. The van der Waals surface area contributed by atoms with Gasteiger partial charge in [0.1, 0.15) is 35.4 Å². The molecule has 1 aliphatic heterocycles. The highest BCUT2D eigenvalue weighted by molar-refractivity contribution is 6.09. The smallest absolute Gasteiger partial charge is 0.335 e. The summed E-state index contributed by atoms with van der Waals surface area (Å²) in [6, 6.07) is 22.6. The molecule has 6 N–H and O–H groups in total. The van der Waals surface area contributed by atoms with Crippen LogP contribution in [-0.4, -0.2) is 79.2 Å². The Morgan fingerprint density at radius 1 is 0.959 bits per heavy atom. The molecule has 4 aromatic rings. The fraction of sp³-hybridized carbons (Fsp3) is 0.385. The molecule has 0 aromatic heterocycles. The van der Waals surface area contributed by atoms with Gasteiger partial charge in [-0.2, -0.15) is 0 Å². The van der Waals surface area contributed by atoms with Gasteiger partial charge in [-0.25, -0.2) is 4.79 Å². The van der Waals surface area contributed by atoms with Crippen molar-refractivity contribution >= 4 is 22.5 Å². The Kier molecular flexibility index (Phi) is 9.79. The van der Waals surface area contributed by atoms with Gasteiger partial charge in [-0.05, 0) is 84.2 Å². The fourth-order valence-electron chi connectivity index (χ4n) is 7.66. The van der Waals surface area contributed by atoms with Gasteiger partial charge in [0.05, 0.1) is 23.1 Å². The van der Waals surface area contributed by atoms with Crippen LogP contribution < -0.4 is 4.74 Å². The second-order valence-electron chi connectivity index (χ2n) is 13.3. The molecule has 1 saturated heterocycles. The van der Waals surface area contributed by atoms with E-state index in [0.717, 1.165) is 30.9 Å². The number of phenols is 1. The van der Waals surface area contributed by atoms with E-state index in [-0.39, 0.29) is 52.2 Å². The molecular weight excluding hydrogens is 628 g/mol. The minimum absolute atomic E-state index is 0.0214. The van der Waals surface area contributed by atoms with Crippen molar-refractivity contribution in [3.05, 3.63) is 106 Å². The number of aromatic hydroxyl groups is 1. The number of Topliss-reactive ketones (excluding diaryl/α,β-unsaturated/α-hetero) is 1. The summed E-state index contributed by atoms with van der Waals surface area (Å²) in [5.41, 5.74) is 1.94. The molecule has 1 aliphatic carbocycles. The van der Waals surface area contributed by atoms with Crippen LogP contribution in [-0.2, 0) is 11.2 Å². The quantitative estimate of drug-likeness (QED) is 0.126. The molecule has 7 atom stereocenters. The Morgan fingerprint density at radius 2 is 1.61 bits per heavy atom. The van der Waals surface area contributed by atoms with Gasteiger partial charge in [0, 0.05) is 6.42 Å². The van der Waals surface area contributed by atoms with Crippen LogP contribution in [0.2, 0.25) is 0 Å². The van der Waals surface area contributed by atoms with E-state index in [0.29, 0.717) is 11.5 Å². The number of benzene rings is 4. The van der Waals surface area contributed by atoms with Crippen molar-refractivity contribution in [3.8, 4) is 11.5 Å². The number of aryl methyl sites for hydroxylation is 1. The third-order valence-corrected chi connectivity index (χ3v) is 10.3. The predicted molar refractivity (Wildman–Crippen MR) is 181 cm³/mol. The van der Waals surface area contributed by atoms with Gasteiger partial charge in [-0.15, -0.1) is 0 Å². The Labute approximate surface area is 284 Å². The van der Waals surface area contributed by atoms with E-state index < -0.39 is 48.5 Å². The summed E-state index contributed by atoms with van der Waals surface area (Å²) >= 11 is 0. The minimum Gasteiger partial charge on any atom is -0.506 e. The molecule has 1 fully saturated rings. The SMILES string of the molecule is CCC1(O)C(CO)OC(Oc2cc(C(=O)O)cc3cc(C)c(C(=O)CC4CCC(Cc5ccccc5)c5ccccc54)c(O)c23)C(O)C1O. The third kappa shape index (κ3) is 6.42. The van der Waals surface area contributed by atoms with Crippen molar-refractivity contribution in [1.82, 2.24) is 0 Å². The minimum atomic E-state index is -1.98. The van der Waals surface area contributed by atoms with Gasteiger partial charge in [-0.3, -0.25) is 4.79 Å². The first-order valence-corrected chi connectivity index (χ1v) is 16.7. The average Bonchev–Trinajstić information content (AvgIpc) is 3.09. The highest BCUT2D eigenvalue weighted by Gasteiger charge is 2.54. The van der Waals surface area contributed by atoms with E-state index in [1.165, 1.54) is 17.2 Å². The van der Waals surface area contributed by atoms with E-state index in [9.17, 15) is 40.2 Å². The van der Waals surface area contributed by atoms with Crippen molar-refractivity contribution in [2.24, 2.45) is 0 Å². The summed E-state index contributed by atoms with van der Waals surface area (Å²) in [5, 5.41) is 64.3. The maximum atomic E-state index is 14.1. The predicted octanol–water partition coefficient (Wildman–Crippen LogP) is 4.99. The number of carbonyl (C=O) groups excluding carboxylic acids is 1. The molecular formula is C39H42O10. The summed E-state index contributed by atoms with van der Waals surface area (Å²) in [7, 11) is 0. The van der Waals surface area contributed by atoms with Gasteiger partial charge in [0.25, 0.3) is 0 Å². The Balaban J connectivity index is 1.34. The van der Waals surface area contributed by atoms with E-state index in [1.54, 1.807) is 19.9 Å². The van der Waals surface area contributed by atoms with Crippen LogP contribution in [0, 0.1) is 6.92 Å². The topological polar surface area (TPSA) is 174 Å². The van der Waals surface area contributed by atoms with E-state index >= 15 is 0 Å². The zero-order chi connectivity index (χ0) is 35.0. The summed E-state index contributed by atoms with van der Waals surface area (Å²) in [4.78, 5) is 26.2. The van der Waals surface area contributed by atoms with Crippen LogP contribution >= 0.6 is 0 Å². The number of fused-ring (bicyclic) bond motifs is 2. The molecule has 49 heavy (non-hydrogen) atoms. The number of aliphatic hydroxyl groups is 4. The molecule has 10 heteroatoms. The Bertz CT molecular complexity index is 1850. The molecule has 4 aromatic carbocycles. The molecule has 2 aliphatic rings.